The number of para-hydroxylation sites is 1. The number of hydrogen-bond donors (Lipinski definition) is 0. The number of aromatic nitrogens is 1. The quantitative estimate of drug-likeness (QED) is 0.822. The second-order valence-corrected chi connectivity index (χ2v) is 5.20. The average molecular weight is 305 g/mol. The number of aryl methyl sites for hydroxylation is 2. The highest BCUT2D eigenvalue weighted by atomic mass is 79.9. The molecule has 0 unspecified atom stereocenters. The minimum Gasteiger partial charge on any atom is -0.325 e. The van der Waals surface area contributed by atoms with Crippen LogP contribution in [0, 0.1) is 13.8 Å². The Hall–Kier alpha value is -1.35. The van der Waals surface area contributed by atoms with Crippen LogP contribution in [0.15, 0.2) is 41.0 Å². The molecular weight excluding hydrogens is 288 g/mol. The molecule has 1 aromatic heterocycles. The molecule has 2 rings (SSSR count). The normalized spacial score (nSPS) is 10.4. The van der Waals surface area contributed by atoms with Crippen LogP contribution in [0.3, 0.4) is 0 Å². The van der Waals surface area contributed by atoms with Crippen molar-refractivity contribution in [3.63, 3.8) is 0 Å². The molecule has 0 N–H and O–H groups in total. The Kier molecular flexibility index (Phi) is 4.02. The van der Waals surface area contributed by atoms with Crippen molar-refractivity contribution in [1.82, 2.24) is 4.98 Å². The molecule has 2 aromatic rings. The third-order valence-corrected chi connectivity index (χ3v) is 3.52. The SMILES string of the molecule is CCN(c1ccccc1C)c1ncc(C)cc1Br. The summed E-state index contributed by atoms with van der Waals surface area (Å²) < 4.78 is 1.03. The lowest BCUT2D eigenvalue weighted by atomic mass is 10.2. The molecule has 0 spiro atoms. The van der Waals surface area contributed by atoms with E-state index in [9.17, 15) is 0 Å². The number of nitrogens with zero attached hydrogens (tertiary/aromatic N) is 2. The van der Waals surface area contributed by atoms with E-state index in [1.54, 1.807) is 0 Å². The van der Waals surface area contributed by atoms with Crippen LogP contribution in [0.5, 0.6) is 0 Å². The van der Waals surface area contributed by atoms with E-state index >= 15 is 0 Å². The summed E-state index contributed by atoms with van der Waals surface area (Å²) >= 11 is 3.61. The monoisotopic (exact) mass is 304 g/mol. The maximum Gasteiger partial charge on any atom is 0.147 e. The lowest BCUT2D eigenvalue weighted by Gasteiger charge is -2.25. The number of hydrogen-bond acceptors (Lipinski definition) is 2. The van der Waals surface area contributed by atoms with Crippen molar-refractivity contribution in [2.45, 2.75) is 20.8 Å². The van der Waals surface area contributed by atoms with Gasteiger partial charge in [0, 0.05) is 18.4 Å². The maximum absolute atomic E-state index is 4.55. The van der Waals surface area contributed by atoms with Gasteiger partial charge in [0.05, 0.1) is 4.47 Å². The molecule has 0 aliphatic heterocycles. The molecule has 0 aliphatic carbocycles. The van der Waals surface area contributed by atoms with Gasteiger partial charge in [-0.2, -0.15) is 0 Å². The molecule has 0 saturated heterocycles. The van der Waals surface area contributed by atoms with E-state index in [2.05, 4.69) is 70.0 Å². The lowest BCUT2D eigenvalue weighted by molar-refractivity contribution is 0.975. The van der Waals surface area contributed by atoms with E-state index in [4.69, 9.17) is 0 Å². The van der Waals surface area contributed by atoms with Crippen molar-refractivity contribution in [1.29, 1.82) is 0 Å². The van der Waals surface area contributed by atoms with E-state index in [0.717, 1.165) is 22.4 Å². The molecule has 3 heteroatoms. The fraction of sp³-hybridized carbons (Fsp3) is 0.267. The Morgan fingerprint density at radius 3 is 2.56 bits per heavy atom. The molecule has 1 aromatic carbocycles. The molecule has 94 valence electrons. The molecule has 0 bridgehead atoms. The Morgan fingerprint density at radius 1 is 1.22 bits per heavy atom. The van der Waals surface area contributed by atoms with Crippen molar-refractivity contribution < 1.29 is 0 Å². The number of benzene rings is 1. The zero-order valence-corrected chi connectivity index (χ0v) is 12.5. The highest BCUT2D eigenvalue weighted by Gasteiger charge is 2.13. The van der Waals surface area contributed by atoms with E-state index < -0.39 is 0 Å². The zero-order valence-electron chi connectivity index (χ0n) is 10.9. The van der Waals surface area contributed by atoms with Gasteiger partial charge in [0.25, 0.3) is 0 Å². The zero-order chi connectivity index (χ0) is 13.1. The Morgan fingerprint density at radius 2 is 1.94 bits per heavy atom. The predicted molar refractivity (Wildman–Crippen MR) is 80.5 cm³/mol. The van der Waals surface area contributed by atoms with Gasteiger partial charge in [-0.25, -0.2) is 4.98 Å². The Bertz CT molecular complexity index is 552. The van der Waals surface area contributed by atoms with Crippen LogP contribution in [0.25, 0.3) is 0 Å². The van der Waals surface area contributed by atoms with Crippen molar-refractivity contribution in [3.05, 3.63) is 52.1 Å². The molecule has 0 radical (unpaired) electrons. The van der Waals surface area contributed by atoms with Gasteiger partial charge < -0.3 is 4.90 Å². The number of rotatable bonds is 3. The van der Waals surface area contributed by atoms with Gasteiger partial charge in [-0.15, -0.1) is 0 Å². The van der Waals surface area contributed by atoms with Crippen molar-refractivity contribution >= 4 is 27.4 Å². The molecule has 0 aliphatic rings. The highest BCUT2D eigenvalue weighted by Crippen LogP contribution is 2.32. The summed E-state index contributed by atoms with van der Waals surface area (Å²) in [7, 11) is 0. The highest BCUT2D eigenvalue weighted by molar-refractivity contribution is 9.10. The van der Waals surface area contributed by atoms with E-state index in [0.29, 0.717) is 0 Å². The summed E-state index contributed by atoms with van der Waals surface area (Å²) in [5.41, 5.74) is 3.62. The summed E-state index contributed by atoms with van der Waals surface area (Å²) in [6.45, 7) is 7.20. The van der Waals surface area contributed by atoms with E-state index in [-0.39, 0.29) is 0 Å². The van der Waals surface area contributed by atoms with Gasteiger partial charge in [0.1, 0.15) is 5.82 Å². The minimum atomic E-state index is 0.888. The second-order valence-electron chi connectivity index (χ2n) is 4.35. The summed E-state index contributed by atoms with van der Waals surface area (Å²) in [6, 6.07) is 10.5. The summed E-state index contributed by atoms with van der Waals surface area (Å²) in [5.74, 6) is 0.970. The largest absolute Gasteiger partial charge is 0.325 e. The first-order valence-corrected chi connectivity index (χ1v) is 6.88. The standard InChI is InChI=1S/C15H17BrN2/c1-4-18(14-8-6-5-7-12(14)3)15-13(16)9-11(2)10-17-15/h5-10H,4H2,1-3H3. The van der Waals surface area contributed by atoms with E-state index in [1.165, 1.54) is 11.3 Å². The van der Waals surface area contributed by atoms with Gasteiger partial charge in [0.15, 0.2) is 0 Å². The third-order valence-electron chi connectivity index (χ3n) is 2.94. The first-order chi connectivity index (χ1) is 8.63. The van der Waals surface area contributed by atoms with Gasteiger partial charge in [-0.3, -0.25) is 0 Å². The Labute approximate surface area is 117 Å². The van der Waals surface area contributed by atoms with Gasteiger partial charge in [0.2, 0.25) is 0 Å². The number of halogens is 1. The van der Waals surface area contributed by atoms with Crippen molar-refractivity contribution in [2.24, 2.45) is 0 Å². The van der Waals surface area contributed by atoms with Crippen molar-refractivity contribution in [2.75, 3.05) is 11.4 Å². The van der Waals surface area contributed by atoms with Gasteiger partial charge >= 0.3 is 0 Å². The number of anilines is 2. The molecule has 1 heterocycles. The second kappa shape index (κ2) is 5.53. The topological polar surface area (TPSA) is 16.1 Å². The first kappa shape index (κ1) is 13.1. The van der Waals surface area contributed by atoms with Crippen LogP contribution in [-0.4, -0.2) is 11.5 Å². The fourth-order valence-corrected chi connectivity index (χ4v) is 2.70. The molecule has 0 saturated carbocycles. The summed E-state index contributed by atoms with van der Waals surface area (Å²) in [4.78, 5) is 6.77. The summed E-state index contributed by atoms with van der Waals surface area (Å²) in [5, 5.41) is 0. The van der Waals surface area contributed by atoms with E-state index in [1.807, 2.05) is 13.1 Å². The molecule has 0 amide bonds. The van der Waals surface area contributed by atoms with Gasteiger partial charge in [-0.05, 0) is 60.0 Å². The first-order valence-electron chi connectivity index (χ1n) is 6.08. The third kappa shape index (κ3) is 2.56. The van der Waals surface area contributed by atoms with Crippen LogP contribution in [0.2, 0.25) is 0 Å². The minimum absolute atomic E-state index is 0.888. The molecule has 0 fully saturated rings. The smallest absolute Gasteiger partial charge is 0.147 e. The molecule has 2 nitrogen and oxygen atoms in total. The average Bonchev–Trinajstić information content (AvgIpc) is 2.34. The predicted octanol–water partition coefficient (Wildman–Crippen LogP) is 4.62. The van der Waals surface area contributed by atoms with Crippen LogP contribution in [-0.2, 0) is 0 Å². The lowest BCUT2D eigenvalue weighted by Crippen LogP contribution is -2.18. The molecule has 0 atom stereocenters. The van der Waals surface area contributed by atoms with Crippen LogP contribution in [0.1, 0.15) is 18.1 Å². The fourth-order valence-electron chi connectivity index (χ4n) is 2.03. The van der Waals surface area contributed by atoms with Gasteiger partial charge in [-0.1, -0.05) is 18.2 Å². The van der Waals surface area contributed by atoms with Crippen molar-refractivity contribution in [3.8, 4) is 0 Å². The van der Waals surface area contributed by atoms with Crippen LogP contribution < -0.4 is 4.90 Å². The molecule has 18 heavy (non-hydrogen) atoms. The van der Waals surface area contributed by atoms with Crippen LogP contribution in [0.4, 0.5) is 11.5 Å². The summed E-state index contributed by atoms with van der Waals surface area (Å²) in [6.07, 6.45) is 1.90. The maximum atomic E-state index is 4.55. The number of pyridine rings is 1. The Balaban J connectivity index is 2.49. The molecular formula is C15H17BrN2. The van der Waals surface area contributed by atoms with Crippen LogP contribution >= 0.6 is 15.9 Å².